The number of alkyl halides is 3. The fourth-order valence-corrected chi connectivity index (χ4v) is 3.99. The van der Waals surface area contributed by atoms with Crippen molar-refractivity contribution in [1.29, 1.82) is 0 Å². The Balaban J connectivity index is 1.94. The summed E-state index contributed by atoms with van der Waals surface area (Å²) in [6, 6.07) is 6.70. The number of hydrogen-bond donors (Lipinski definition) is 1. The lowest BCUT2D eigenvalue weighted by molar-refractivity contribution is -0.137. The second-order valence-corrected chi connectivity index (χ2v) is 7.86. The molecule has 0 aliphatic carbocycles. The number of aromatic amines is 1. The Bertz CT molecular complexity index is 1020. The van der Waals surface area contributed by atoms with E-state index in [0.717, 1.165) is 23.4 Å². The Morgan fingerprint density at radius 2 is 1.76 bits per heavy atom. The Kier molecular flexibility index (Phi) is 5.85. The number of fused-ring (bicyclic) bond motifs is 1. The Labute approximate surface area is 168 Å². The standard InChI is InChI=1S/C19H20F3N3O3S/c1-25(2)15-9-17(28-4)16(27-3)7-11(15)10-29(26)18-23-13-6-5-12(19(20,21)22)8-14(13)24-18/h5-9H,10H2,1-4H3,(H,23,24). The van der Waals surface area contributed by atoms with E-state index in [1.807, 2.05) is 19.0 Å². The zero-order valence-corrected chi connectivity index (χ0v) is 17.1. The first kappa shape index (κ1) is 21.1. The van der Waals surface area contributed by atoms with E-state index in [1.165, 1.54) is 20.3 Å². The van der Waals surface area contributed by atoms with E-state index in [2.05, 4.69) is 9.97 Å². The number of imidazole rings is 1. The summed E-state index contributed by atoms with van der Waals surface area (Å²) in [5.41, 5.74) is 1.21. The van der Waals surface area contributed by atoms with Gasteiger partial charge in [0.2, 0.25) is 0 Å². The first-order valence-corrected chi connectivity index (χ1v) is 9.83. The molecule has 1 heterocycles. The molecule has 10 heteroatoms. The first-order chi connectivity index (χ1) is 13.6. The van der Waals surface area contributed by atoms with Crippen molar-refractivity contribution in [3.05, 3.63) is 41.5 Å². The van der Waals surface area contributed by atoms with Crippen LogP contribution in [0.25, 0.3) is 11.0 Å². The molecular weight excluding hydrogens is 407 g/mol. The highest BCUT2D eigenvalue weighted by molar-refractivity contribution is 7.90. The van der Waals surface area contributed by atoms with Gasteiger partial charge in [-0.2, -0.15) is 18.2 Å². The van der Waals surface area contributed by atoms with Crippen molar-refractivity contribution in [2.24, 2.45) is 0 Å². The lowest BCUT2D eigenvalue weighted by Gasteiger charge is -2.20. The molecule has 1 atom stereocenters. The van der Waals surface area contributed by atoms with Crippen molar-refractivity contribution in [2.45, 2.75) is 17.1 Å². The van der Waals surface area contributed by atoms with Gasteiger partial charge < -0.3 is 18.9 Å². The number of aromatic nitrogens is 2. The molecule has 156 valence electrons. The van der Waals surface area contributed by atoms with Gasteiger partial charge in [0.25, 0.3) is 0 Å². The zero-order valence-electron chi connectivity index (χ0n) is 16.3. The van der Waals surface area contributed by atoms with Crippen LogP contribution in [0.15, 0.2) is 35.5 Å². The Morgan fingerprint density at radius 1 is 1.10 bits per heavy atom. The van der Waals surface area contributed by atoms with Crippen molar-refractivity contribution in [3.63, 3.8) is 0 Å². The van der Waals surface area contributed by atoms with Crippen molar-refractivity contribution in [2.75, 3.05) is 33.2 Å². The Morgan fingerprint density at radius 3 is 2.34 bits per heavy atom. The van der Waals surface area contributed by atoms with Crippen molar-refractivity contribution in [3.8, 4) is 11.5 Å². The van der Waals surface area contributed by atoms with Gasteiger partial charge in [-0.15, -0.1) is 0 Å². The third kappa shape index (κ3) is 4.38. The fourth-order valence-electron chi connectivity index (χ4n) is 2.92. The molecule has 0 aliphatic rings. The van der Waals surface area contributed by atoms with Crippen LogP contribution in [0.2, 0.25) is 0 Å². The van der Waals surface area contributed by atoms with Crippen LogP contribution < -0.4 is 14.4 Å². The zero-order chi connectivity index (χ0) is 21.3. The number of ether oxygens (including phenoxy) is 2. The number of methoxy groups -OCH3 is 2. The summed E-state index contributed by atoms with van der Waals surface area (Å²) in [5, 5.41) is 0.110. The largest absolute Gasteiger partial charge is 0.609 e. The molecule has 1 aromatic heterocycles. The van der Waals surface area contributed by atoms with Crippen LogP contribution in [0.1, 0.15) is 11.1 Å². The maximum Gasteiger partial charge on any atom is 0.416 e. The minimum Gasteiger partial charge on any atom is -0.609 e. The second-order valence-electron chi connectivity index (χ2n) is 6.49. The Hall–Kier alpha value is -2.59. The highest BCUT2D eigenvalue weighted by Crippen LogP contribution is 2.36. The van der Waals surface area contributed by atoms with E-state index >= 15 is 0 Å². The van der Waals surface area contributed by atoms with E-state index in [4.69, 9.17) is 9.47 Å². The molecule has 0 amide bonds. The van der Waals surface area contributed by atoms with Crippen LogP contribution in [0.3, 0.4) is 0 Å². The summed E-state index contributed by atoms with van der Waals surface area (Å²) >= 11 is -1.61. The average molecular weight is 427 g/mol. The first-order valence-electron chi connectivity index (χ1n) is 8.51. The van der Waals surface area contributed by atoms with E-state index in [9.17, 15) is 17.7 Å². The number of H-pyrrole nitrogens is 1. The van der Waals surface area contributed by atoms with Gasteiger partial charge in [-0.3, -0.25) is 4.98 Å². The molecule has 0 bridgehead atoms. The molecule has 29 heavy (non-hydrogen) atoms. The van der Waals surface area contributed by atoms with E-state index in [0.29, 0.717) is 17.0 Å². The molecule has 2 aromatic carbocycles. The van der Waals surface area contributed by atoms with Crippen molar-refractivity contribution < 1.29 is 27.2 Å². The van der Waals surface area contributed by atoms with Gasteiger partial charge in [0.1, 0.15) is 5.75 Å². The highest BCUT2D eigenvalue weighted by atomic mass is 32.2. The third-order valence-electron chi connectivity index (χ3n) is 4.36. The van der Waals surface area contributed by atoms with Crippen LogP contribution in [0.5, 0.6) is 11.5 Å². The number of nitrogens with one attached hydrogen (secondary N) is 1. The average Bonchev–Trinajstić information content (AvgIpc) is 3.10. The minimum absolute atomic E-state index is 0.0970. The van der Waals surface area contributed by atoms with Crippen LogP contribution in [-0.4, -0.2) is 42.8 Å². The minimum atomic E-state index is -4.47. The SMILES string of the molecule is COc1cc(C[S+]([O-])c2nc3cc(C(F)(F)F)ccc3[nH]2)c(N(C)C)cc1OC. The summed E-state index contributed by atoms with van der Waals surface area (Å²) in [7, 11) is 6.71. The summed E-state index contributed by atoms with van der Waals surface area (Å²) in [4.78, 5) is 8.80. The number of benzene rings is 2. The van der Waals surface area contributed by atoms with Crippen molar-refractivity contribution >= 4 is 27.9 Å². The van der Waals surface area contributed by atoms with Gasteiger partial charge in [-0.05, 0) is 24.3 Å². The molecule has 0 fully saturated rings. The lowest BCUT2D eigenvalue weighted by atomic mass is 10.1. The third-order valence-corrected chi connectivity index (χ3v) is 5.56. The van der Waals surface area contributed by atoms with Gasteiger partial charge in [-0.25, -0.2) is 0 Å². The molecule has 0 aliphatic heterocycles. The van der Waals surface area contributed by atoms with E-state index < -0.39 is 22.9 Å². The molecule has 0 saturated heterocycles. The van der Waals surface area contributed by atoms with Crippen LogP contribution in [-0.2, 0) is 23.1 Å². The molecule has 1 unspecified atom stereocenters. The normalized spacial score (nSPS) is 12.8. The van der Waals surface area contributed by atoms with Gasteiger partial charge in [0.05, 0.1) is 30.8 Å². The maximum absolute atomic E-state index is 12.9. The summed E-state index contributed by atoms with van der Waals surface area (Å²) < 4.78 is 62.2. The molecule has 3 aromatic rings. The number of halogens is 3. The summed E-state index contributed by atoms with van der Waals surface area (Å²) in [6.45, 7) is 0. The predicted molar refractivity (Wildman–Crippen MR) is 105 cm³/mol. The van der Waals surface area contributed by atoms with Gasteiger partial charge in [-0.1, -0.05) is 0 Å². The second kappa shape index (κ2) is 8.03. The monoisotopic (exact) mass is 427 g/mol. The number of nitrogens with zero attached hydrogens (tertiary/aromatic N) is 2. The number of rotatable bonds is 6. The van der Waals surface area contributed by atoms with Crippen LogP contribution in [0, 0.1) is 0 Å². The molecular formula is C19H20F3N3O3S. The van der Waals surface area contributed by atoms with Crippen LogP contribution in [0.4, 0.5) is 18.9 Å². The number of anilines is 1. The molecule has 6 nitrogen and oxygen atoms in total. The molecule has 0 saturated carbocycles. The van der Waals surface area contributed by atoms with Gasteiger partial charge >= 0.3 is 11.3 Å². The number of hydrogen-bond acceptors (Lipinski definition) is 5. The molecule has 1 N–H and O–H groups in total. The topological polar surface area (TPSA) is 73.4 Å². The van der Waals surface area contributed by atoms with Gasteiger partial charge in [0, 0.05) is 42.6 Å². The van der Waals surface area contributed by atoms with Crippen molar-refractivity contribution in [1.82, 2.24) is 9.97 Å². The molecule has 3 rings (SSSR count). The fraction of sp³-hybridized carbons (Fsp3) is 0.316. The predicted octanol–water partition coefficient (Wildman–Crippen LogP) is 3.97. The maximum atomic E-state index is 12.9. The molecule has 0 spiro atoms. The van der Waals surface area contributed by atoms with Gasteiger partial charge in [0.15, 0.2) is 11.5 Å². The van der Waals surface area contributed by atoms with Crippen LogP contribution >= 0.6 is 0 Å². The summed E-state index contributed by atoms with van der Waals surface area (Å²) in [5.74, 6) is 1.12. The quantitative estimate of drug-likeness (QED) is 0.603. The van der Waals surface area contributed by atoms with E-state index in [1.54, 1.807) is 12.1 Å². The molecule has 0 radical (unpaired) electrons. The highest BCUT2D eigenvalue weighted by Gasteiger charge is 2.31. The lowest BCUT2D eigenvalue weighted by Crippen LogP contribution is -2.15. The summed E-state index contributed by atoms with van der Waals surface area (Å²) in [6.07, 6.45) is -4.47. The van der Waals surface area contributed by atoms with E-state index in [-0.39, 0.29) is 16.4 Å². The smallest absolute Gasteiger partial charge is 0.416 e.